The van der Waals surface area contributed by atoms with Crippen molar-refractivity contribution in [2.45, 2.75) is 25.9 Å². The fraction of sp³-hybridized carbons (Fsp3) is 0.278. The fourth-order valence-electron chi connectivity index (χ4n) is 2.56. The van der Waals surface area contributed by atoms with Crippen molar-refractivity contribution in [2.75, 3.05) is 6.61 Å². The molecule has 0 amide bonds. The van der Waals surface area contributed by atoms with E-state index in [2.05, 4.69) is 9.97 Å². The first-order valence-corrected chi connectivity index (χ1v) is 7.83. The highest BCUT2D eigenvalue weighted by molar-refractivity contribution is 5.80. The Hall–Kier alpha value is -2.47. The molecule has 0 spiro atoms. The van der Waals surface area contributed by atoms with E-state index in [-0.39, 0.29) is 11.3 Å². The summed E-state index contributed by atoms with van der Waals surface area (Å²) >= 11 is 0. The Balaban J connectivity index is 1.92. The summed E-state index contributed by atoms with van der Waals surface area (Å²) < 4.78 is 33.7. The Bertz CT molecular complexity index is 848. The van der Waals surface area contributed by atoms with Gasteiger partial charge in [-0.05, 0) is 24.6 Å². The van der Waals surface area contributed by atoms with Crippen LogP contribution >= 0.6 is 0 Å². The van der Waals surface area contributed by atoms with Gasteiger partial charge in [0.15, 0.2) is 11.6 Å². The topological polar surface area (TPSA) is 58.1 Å². The van der Waals surface area contributed by atoms with Crippen LogP contribution in [0.4, 0.5) is 8.78 Å². The number of nitrogens with one attached hydrogen (secondary N) is 1. The van der Waals surface area contributed by atoms with E-state index in [1.807, 2.05) is 6.92 Å². The molecule has 2 aromatic heterocycles. The van der Waals surface area contributed by atoms with Crippen LogP contribution in [0.25, 0.3) is 11.0 Å². The molecule has 2 N–H and O–H groups in total. The van der Waals surface area contributed by atoms with Gasteiger partial charge in [0.1, 0.15) is 17.6 Å². The minimum Gasteiger partial charge on any atom is -0.490 e. The molecule has 0 aliphatic rings. The maximum Gasteiger partial charge on any atom is 0.165 e. The zero-order valence-corrected chi connectivity index (χ0v) is 13.2. The van der Waals surface area contributed by atoms with Gasteiger partial charge in [0.25, 0.3) is 0 Å². The molecular formula is C18H18F2N2O2. The molecule has 3 aromatic rings. The van der Waals surface area contributed by atoms with Crippen molar-refractivity contribution in [3.63, 3.8) is 0 Å². The van der Waals surface area contributed by atoms with Gasteiger partial charge < -0.3 is 14.8 Å². The van der Waals surface area contributed by atoms with Crippen molar-refractivity contribution in [2.24, 2.45) is 0 Å². The third kappa shape index (κ3) is 3.10. The van der Waals surface area contributed by atoms with Gasteiger partial charge in [0, 0.05) is 35.0 Å². The number of ether oxygens (including phenoxy) is 1. The molecule has 0 saturated carbocycles. The number of aliphatic hydroxyl groups excluding tert-OH is 1. The zero-order valence-electron chi connectivity index (χ0n) is 13.2. The molecule has 6 heteroatoms. The molecule has 1 atom stereocenters. The van der Waals surface area contributed by atoms with E-state index < -0.39 is 17.7 Å². The lowest BCUT2D eigenvalue weighted by atomic mass is 10.0. The van der Waals surface area contributed by atoms with Crippen LogP contribution in [0.1, 0.15) is 37.0 Å². The van der Waals surface area contributed by atoms with Crippen LogP contribution in [0.3, 0.4) is 0 Å². The van der Waals surface area contributed by atoms with Crippen LogP contribution in [0.5, 0.6) is 5.75 Å². The first-order valence-electron chi connectivity index (χ1n) is 7.83. The Kier molecular flexibility index (Phi) is 4.76. The van der Waals surface area contributed by atoms with Crippen molar-refractivity contribution in [3.8, 4) is 5.75 Å². The highest BCUT2D eigenvalue weighted by Gasteiger charge is 2.21. The van der Waals surface area contributed by atoms with Crippen LogP contribution in [0, 0.1) is 11.6 Å². The molecule has 126 valence electrons. The van der Waals surface area contributed by atoms with Crippen molar-refractivity contribution in [1.82, 2.24) is 9.97 Å². The molecule has 3 rings (SSSR count). The number of aromatic nitrogens is 2. The number of fused-ring (bicyclic) bond motifs is 1. The SMILES string of the molecule is CCCCOc1cc(F)c(C(O)c2c[nH]c3ncccc23)cc1F. The number of aliphatic hydroxyl groups is 1. The molecular weight excluding hydrogens is 314 g/mol. The zero-order chi connectivity index (χ0) is 17.1. The van der Waals surface area contributed by atoms with Crippen LogP contribution in [-0.2, 0) is 0 Å². The smallest absolute Gasteiger partial charge is 0.165 e. The molecule has 0 aliphatic carbocycles. The lowest BCUT2D eigenvalue weighted by Crippen LogP contribution is -2.05. The Morgan fingerprint density at radius 2 is 2.08 bits per heavy atom. The van der Waals surface area contributed by atoms with Crippen molar-refractivity contribution in [3.05, 3.63) is 59.4 Å². The Labute approximate surface area is 138 Å². The van der Waals surface area contributed by atoms with Crippen molar-refractivity contribution in [1.29, 1.82) is 0 Å². The molecule has 0 radical (unpaired) electrons. The van der Waals surface area contributed by atoms with E-state index >= 15 is 0 Å². The second kappa shape index (κ2) is 6.97. The van der Waals surface area contributed by atoms with E-state index in [0.29, 0.717) is 23.2 Å². The minimum atomic E-state index is -1.30. The maximum absolute atomic E-state index is 14.3. The third-order valence-electron chi connectivity index (χ3n) is 3.88. The number of rotatable bonds is 6. The monoisotopic (exact) mass is 332 g/mol. The van der Waals surface area contributed by atoms with Gasteiger partial charge in [-0.1, -0.05) is 13.3 Å². The number of H-pyrrole nitrogens is 1. The average molecular weight is 332 g/mol. The van der Waals surface area contributed by atoms with Crippen LogP contribution in [0.2, 0.25) is 0 Å². The van der Waals surface area contributed by atoms with Crippen LogP contribution in [0.15, 0.2) is 36.7 Å². The van der Waals surface area contributed by atoms with Gasteiger partial charge in [-0.25, -0.2) is 13.8 Å². The first kappa shape index (κ1) is 16.4. The van der Waals surface area contributed by atoms with E-state index in [1.165, 1.54) is 0 Å². The molecule has 0 saturated heterocycles. The molecule has 0 aliphatic heterocycles. The Morgan fingerprint density at radius 3 is 2.88 bits per heavy atom. The highest BCUT2D eigenvalue weighted by Crippen LogP contribution is 2.32. The number of hydrogen-bond acceptors (Lipinski definition) is 3. The lowest BCUT2D eigenvalue weighted by molar-refractivity contribution is 0.215. The molecule has 24 heavy (non-hydrogen) atoms. The van der Waals surface area contributed by atoms with Gasteiger partial charge in [0.2, 0.25) is 0 Å². The number of unbranched alkanes of at least 4 members (excludes halogenated alkanes) is 1. The van der Waals surface area contributed by atoms with E-state index in [9.17, 15) is 13.9 Å². The largest absolute Gasteiger partial charge is 0.490 e. The predicted molar refractivity (Wildman–Crippen MR) is 86.9 cm³/mol. The van der Waals surface area contributed by atoms with Crippen LogP contribution in [-0.4, -0.2) is 21.7 Å². The normalized spacial score (nSPS) is 12.5. The summed E-state index contributed by atoms with van der Waals surface area (Å²) in [6.07, 6.45) is 3.51. The summed E-state index contributed by atoms with van der Waals surface area (Å²) in [5.41, 5.74) is 0.878. The molecule has 2 heterocycles. The van der Waals surface area contributed by atoms with Crippen molar-refractivity contribution < 1.29 is 18.6 Å². The first-order chi connectivity index (χ1) is 11.6. The number of benzene rings is 1. The molecule has 4 nitrogen and oxygen atoms in total. The summed E-state index contributed by atoms with van der Waals surface area (Å²) in [7, 11) is 0. The van der Waals surface area contributed by atoms with Crippen LogP contribution < -0.4 is 4.74 Å². The second-order valence-electron chi connectivity index (χ2n) is 5.55. The van der Waals surface area contributed by atoms with Gasteiger partial charge in [-0.15, -0.1) is 0 Å². The standard InChI is InChI=1S/C18H18F2N2O2/c1-2-3-7-24-16-9-14(19)12(8-15(16)20)17(23)13-10-22-18-11(13)5-4-6-21-18/h4-6,8-10,17,23H,2-3,7H2,1H3,(H,21,22). The molecule has 0 bridgehead atoms. The fourth-order valence-corrected chi connectivity index (χ4v) is 2.56. The van der Waals surface area contributed by atoms with E-state index in [4.69, 9.17) is 4.74 Å². The third-order valence-corrected chi connectivity index (χ3v) is 3.88. The summed E-state index contributed by atoms with van der Waals surface area (Å²) in [6.45, 7) is 2.30. The second-order valence-corrected chi connectivity index (χ2v) is 5.55. The number of nitrogens with zero attached hydrogens (tertiary/aromatic N) is 1. The van der Waals surface area contributed by atoms with Gasteiger partial charge >= 0.3 is 0 Å². The van der Waals surface area contributed by atoms with Gasteiger partial charge in [-0.2, -0.15) is 0 Å². The summed E-state index contributed by atoms with van der Waals surface area (Å²) in [5, 5.41) is 11.2. The predicted octanol–water partition coefficient (Wildman–Crippen LogP) is 4.10. The molecule has 0 fully saturated rings. The number of pyridine rings is 1. The summed E-state index contributed by atoms with van der Waals surface area (Å²) in [4.78, 5) is 7.03. The maximum atomic E-state index is 14.3. The van der Waals surface area contributed by atoms with Crippen molar-refractivity contribution >= 4 is 11.0 Å². The van der Waals surface area contributed by atoms with Gasteiger partial charge in [0.05, 0.1) is 6.61 Å². The minimum absolute atomic E-state index is 0.139. The average Bonchev–Trinajstić information content (AvgIpc) is 3.01. The Morgan fingerprint density at radius 1 is 1.25 bits per heavy atom. The quantitative estimate of drug-likeness (QED) is 0.668. The summed E-state index contributed by atoms with van der Waals surface area (Å²) in [6, 6.07) is 5.44. The molecule has 1 aromatic carbocycles. The number of hydrogen-bond donors (Lipinski definition) is 2. The lowest BCUT2D eigenvalue weighted by Gasteiger charge is -2.14. The number of halogens is 2. The van der Waals surface area contributed by atoms with Gasteiger partial charge in [-0.3, -0.25) is 0 Å². The summed E-state index contributed by atoms with van der Waals surface area (Å²) in [5.74, 6) is -1.55. The highest BCUT2D eigenvalue weighted by atomic mass is 19.1. The number of aromatic amines is 1. The van der Waals surface area contributed by atoms with E-state index in [1.54, 1.807) is 24.5 Å². The molecule has 1 unspecified atom stereocenters. The van der Waals surface area contributed by atoms with E-state index in [0.717, 1.165) is 25.0 Å².